The minimum Gasteiger partial charge on any atom is -0.444 e. The Morgan fingerprint density at radius 2 is 1.60 bits per heavy atom. The highest BCUT2D eigenvalue weighted by Crippen LogP contribution is 2.28. The molecule has 0 spiro atoms. The zero-order valence-corrected chi connectivity index (χ0v) is 26.4. The average molecular weight is 601 g/mol. The molecule has 11 heteroatoms. The van der Waals surface area contributed by atoms with Crippen molar-refractivity contribution in [2.45, 2.75) is 65.5 Å². The van der Waals surface area contributed by atoms with Gasteiger partial charge in [-0.2, -0.15) is 0 Å². The lowest BCUT2D eigenvalue weighted by molar-refractivity contribution is -0.912. The Hall–Kier alpha value is -3.44. The first-order valence-electron chi connectivity index (χ1n) is 14.6. The Morgan fingerprint density at radius 1 is 0.952 bits per heavy atom. The van der Waals surface area contributed by atoms with E-state index < -0.39 is 11.7 Å². The van der Waals surface area contributed by atoms with Gasteiger partial charge >= 0.3 is 6.09 Å². The molecule has 1 aliphatic rings. The van der Waals surface area contributed by atoms with E-state index in [0.717, 1.165) is 49.9 Å². The van der Waals surface area contributed by atoms with Crippen LogP contribution in [0, 0.1) is 6.92 Å². The van der Waals surface area contributed by atoms with E-state index in [4.69, 9.17) is 4.74 Å². The van der Waals surface area contributed by atoms with Crippen LogP contribution in [-0.2, 0) is 20.9 Å². The summed E-state index contributed by atoms with van der Waals surface area (Å²) in [5.74, 6) is -0.607. The van der Waals surface area contributed by atoms with Crippen LogP contribution in [0.2, 0.25) is 0 Å². The van der Waals surface area contributed by atoms with Crippen molar-refractivity contribution in [3.05, 3.63) is 51.7 Å². The third kappa shape index (κ3) is 10.4. The van der Waals surface area contributed by atoms with Gasteiger partial charge in [0.05, 0.1) is 18.8 Å². The summed E-state index contributed by atoms with van der Waals surface area (Å²) < 4.78 is 5.74. The maximum absolute atomic E-state index is 13.4. The summed E-state index contributed by atoms with van der Waals surface area (Å²) in [4.78, 5) is 53.5. The second-order valence-electron chi connectivity index (χ2n) is 12.1. The molecule has 1 saturated heterocycles. The Labute approximate surface area is 253 Å². The number of benzene rings is 1. The minimum atomic E-state index is -0.601. The standard InChI is InChI=1S/C31H45N5O5S/c1-23-22-42-28(29(39)32-15-16-35(5)30(40)41-31(2,3)4)27(23)34-26(38)21-36(17-11-6-7-12-18-36)20-25(37)33-19-24-13-9-8-10-14-24/h8-10,13-14,22H,6-7,11-12,15-21H2,1-5H3,(H2-,32,33,34,37,38,39)/p+1. The normalized spacial score (nSPS) is 14.8. The molecular formula is C31H46N5O5S+. The summed E-state index contributed by atoms with van der Waals surface area (Å²) in [6.07, 6.45) is 3.63. The first-order chi connectivity index (χ1) is 19.9. The van der Waals surface area contributed by atoms with Crippen LogP contribution in [-0.4, -0.2) is 85.1 Å². The number of ether oxygens (including phenoxy) is 1. The van der Waals surface area contributed by atoms with Crippen molar-refractivity contribution in [3.63, 3.8) is 0 Å². The van der Waals surface area contributed by atoms with E-state index in [-0.39, 0.29) is 43.9 Å². The Kier molecular flexibility index (Phi) is 11.9. The number of likely N-dealkylation sites (N-methyl/N-ethyl adjacent to an activating group) is 1. The van der Waals surface area contributed by atoms with Crippen molar-refractivity contribution >= 4 is 40.8 Å². The number of nitrogens with zero attached hydrogens (tertiary/aromatic N) is 2. The van der Waals surface area contributed by atoms with Crippen LogP contribution in [0.1, 0.15) is 67.3 Å². The van der Waals surface area contributed by atoms with E-state index in [2.05, 4.69) is 16.0 Å². The summed E-state index contributed by atoms with van der Waals surface area (Å²) in [6.45, 7) is 10.1. The molecule has 0 atom stereocenters. The first-order valence-corrected chi connectivity index (χ1v) is 15.5. The molecule has 10 nitrogen and oxygen atoms in total. The van der Waals surface area contributed by atoms with E-state index >= 15 is 0 Å². The summed E-state index contributed by atoms with van der Waals surface area (Å²) in [7, 11) is 1.62. The smallest absolute Gasteiger partial charge is 0.410 e. The largest absolute Gasteiger partial charge is 0.444 e. The van der Waals surface area contributed by atoms with Gasteiger partial charge in [-0.3, -0.25) is 14.4 Å². The number of hydrogen-bond acceptors (Lipinski definition) is 6. The molecule has 1 aromatic heterocycles. The van der Waals surface area contributed by atoms with Crippen molar-refractivity contribution in [3.8, 4) is 0 Å². The van der Waals surface area contributed by atoms with Crippen molar-refractivity contribution in [1.29, 1.82) is 0 Å². The average Bonchev–Trinajstić information content (AvgIpc) is 3.12. The molecule has 42 heavy (non-hydrogen) atoms. The molecule has 0 bridgehead atoms. The molecule has 2 heterocycles. The van der Waals surface area contributed by atoms with Crippen LogP contribution < -0.4 is 16.0 Å². The maximum atomic E-state index is 13.4. The van der Waals surface area contributed by atoms with Crippen molar-refractivity contribution in [1.82, 2.24) is 15.5 Å². The van der Waals surface area contributed by atoms with Crippen molar-refractivity contribution < 1.29 is 28.4 Å². The molecule has 3 rings (SSSR count). The minimum absolute atomic E-state index is 0.0725. The van der Waals surface area contributed by atoms with Gasteiger partial charge in [0, 0.05) is 26.7 Å². The topological polar surface area (TPSA) is 117 Å². The van der Waals surface area contributed by atoms with Crippen LogP contribution in [0.5, 0.6) is 0 Å². The molecule has 1 aliphatic heterocycles. The zero-order chi connectivity index (χ0) is 30.8. The van der Waals surface area contributed by atoms with E-state index in [1.807, 2.05) is 42.6 Å². The van der Waals surface area contributed by atoms with Crippen LogP contribution in [0.25, 0.3) is 0 Å². The Balaban J connectivity index is 1.60. The highest BCUT2D eigenvalue weighted by atomic mass is 32.1. The van der Waals surface area contributed by atoms with Gasteiger partial charge in [-0.25, -0.2) is 4.79 Å². The van der Waals surface area contributed by atoms with Gasteiger partial charge in [0.25, 0.3) is 17.7 Å². The fourth-order valence-electron chi connectivity index (χ4n) is 4.99. The maximum Gasteiger partial charge on any atom is 0.410 e. The molecule has 2 aromatic rings. The van der Waals surface area contributed by atoms with Gasteiger partial charge in [-0.15, -0.1) is 11.3 Å². The number of likely N-dealkylation sites (tertiary alicyclic amines) is 1. The number of quaternary nitrogens is 1. The fourth-order valence-corrected chi connectivity index (χ4v) is 5.91. The van der Waals surface area contributed by atoms with Gasteiger partial charge in [0.2, 0.25) is 0 Å². The van der Waals surface area contributed by atoms with Gasteiger partial charge in [-0.1, -0.05) is 30.3 Å². The molecule has 1 fully saturated rings. The number of nitrogens with one attached hydrogen (secondary N) is 3. The number of anilines is 1. The van der Waals surface area contributed by atoms with Crippen LogP contribution in [0.3, 0.4) is 0 Å². The highest BCUT2D eigenvalue weighted by Gasteiger charge is 2.34. The number of carbonyl (C=O) groups is 4. The molecule has 0 saturated carbocycles. The van der Waals surface area contributed by atoms with Crippen molar-refractivity contribution in [2.24, 2.45) is 0 Å². The number of hydrogen-bond donors (Lipinski definition) is 3. The summed E-state index contributed by atoms with van der Waals surface area (Å²) in [6, 6.07) is 9.77. The lowest BCUT2D eigenvalue weighted by atomic mass is 10.2. The zero-order valence-electron chi connectivity index (χ0n) is 25.6. The molecule has 230 valence electrons. The molecule has 0 radical (unpaired) electrons. The summed E-state index contributed by atoms with van der Waals surface area (Å²) in [5, 5.41) is 10.7. The monoisotopic (exact) mass is 600 g/mol. The molecule has 0 aliphatic carbocycles. The summed E-state index contributed by atoms with van der Waals surface area (Å²) in [5.41, 5.74) is 1.72. The number of rotatable bonds is 11. The summed E-state index contributed by atoms with van der Waals surface area (Å²) >= 11 is 1.26. The van der Waals surface area contributed by atoms with Crippen LogP contribution in [0.4, 0.5) is 10.5 Å². The third-order valence-corrected chi connectivity index (χ3v) is 8.29. The highest BCUT2D eigenvalue weighted by molar-refractivity contribution is 7.13. The number of thiophene rings is 1. The van der Waals surface area contributed by atoms with E-state index in [9.17, 15) is 19.2 Å². The number of aryl methyl sites for hydroxylation is 1. The second-order valence-corrected chi connectivity index (χ2v) is 13.0. The lowest BCUT2D eigenvalue weighted by Gasteiger charge is -2.36. The lowest BCUT2D eigenvalue weighted by Crippen LogP contribution is -2.57. The SMILES string of the molecule is Cc1csc(C(=O)NCCN(C)C(=O)OC(C)(C)C)c1NC(=O)C[N+]1(CC(=O)NCc2ccccc2)CCCCCC1. The van der Waals surface area contributed by atoms with Gasteiger partial charge in [-0.05, 0) is 69.9 Å². The number of amides is 4. The predicted octanol–water partition coefficient (Wildman–Crippen LogP) is 4.30. The first kappa shape index (κ1) is 33.1. The molecule has 0 unspecified atom stereocenters. The molecule has 4 amide bonds. The van der Waals surface area contributed by atoms with Gasteiger partial charge in [0.15, 0.2) is 13.1 Å². The Bertz CT molecular complexity index is 1220. The van der Waals surface area contributed by atoms with E-state index in [1.165, 1.54) is 16.2 Å². The van der Waals surface area contributed by atoms with Crippen molar-refractivity contribution in [2.75, 3.05) is 51.6 Å². The van der Waals surface area contributed by atoms with Gasteiger partial charge in [0.1, 0.15) is 10.5 Å². The third-order valence-electron chi connectivity index (χ3n) is 7.19. The van der Waals surface area contributed by atoms with E-state index in [1.54, 1.807) is 27.8 Å². The quantitative estimate of drug-likeness (QED) is 0.333. The number of carbonyl (C=O) groups excluding carboxylic acids is 4. The molecule has 1 aromatic carbocycles. The predicted molar refractivity (Wildman–Crippen MR) is 165 cm³/mol. The van der Waals surface area contributed by atoms with E-state index in [0.29, 0.717) is 21.6 Å². The Morgan fingerprint density at radius 3 is 2.24 bits per heavy atom. The second kappa shape index (κ2) is 15.2. The van der Waals surface area contributed by atoms with Crippen LogP contribution >= 0.6 is 11.3 Å². The van der Waals surface area contributed by atoms with Crippen LogP contribution in [0.15, 0.2) is 35.7 Å². The van der Waals surface area contributed by atoms with Gasteiger partial charge < -0.3 is 30.1 Å². The molecule has 3 N–H and O–H groups in total. The molecular weight excluding hydrogens is 554 g/mol. The fraction of sp³-hybridized carbons (Fsp3) is 0.548.